The number of aromatic nitrogens is 2. The molecule has 1 aromatic rings. The second kappa shape index (κ2) is 8.11. The Kier molecular flexibility index (Phi) is 7.39. The maximum absolute atomic E-state index is 5.07. The molecule has 0 spiro atoms. The minimum Gasteiger partial charge on any atom is -0.245 e. The molecule has 0 N–H and O–H groups in total. The van der Waals surface area contributed by atoms with Gasteiger partial charge in [0.25, 0.3) is 0 Å². The first-order chi connectivity index (χ1) is 4.91. The Balaban J connectivity index is 0.000000180. The van der Waals surface area contributed by atoms with Gasteiger partial charge in [-0.2, -0.15) is 0 Å². The lowest BCUT2D eigenvalue weighted by atomic mass is 10.7. The Bertz CT molecular complexity index is 126. The standard InChI is InChI=1S/C4H4N2.C3H5Cl/c1-2-5-4-6-3-1;1-2-3-4/h1-4H;2H,1,3H2. The minimum absolute atomic E-state index is 0.556. The molecule has 0 amide bonds. The molecule has 54 valence electrons. The van der Waals surface area contributed by atoms with E-state index in [1.54, 1.807) is 24.5 Å². The maximum Gasteiger partial charge on any atom is 0.115 e. The predicted molar refractivity (Wildman–Crippen MR) is 42.9 cm³/mol. The van der Waals surface area contributed by atoms with Gasteiger partial charge < -0.3 is 0 Å². The third-order valence-corrected chi connectivity index (χ3v) is 0.805. The van der Waals surface area contributed by atoms with Gasteiger partial charge in [0.05, 0.1) is 0 Å². The van der Waals surface area contributed by atoms with E-state index in [0.29, 0.717) is 5.88 Å². The van der Waals surface area contributed by atoms with Crippen molar-refractivity contribution in [3.8, 4) is 0 Å². The zero-order chi connectivity index (χ0) is 7.66. The van der Waals surface area contributed by atoms with Gasteiger partial charge in [0.1, 0.15) is 6.33 Å². The fraction of sp³-hybridized carbons (Fsp3) is 0.143. The van der Waals surface area contributed by atoms with Crippen LogP contribution < -0.4 is 0 Å². The smallest absolute Gasteiger partial charge is 0.115 e. The third-order valence-electron chi connectivity index (χ3n) is 0.587. The van der Waals surface area contributed by atoms with Gasteiger partial charge in [-0.1, -0.05) is 6.08 Å². The van der Waals surface area contributed by atoms with Crippen LogP contribution in [0.2, 0.25) is 0 Å². The first-order valence-corrected chi connectivity index (χ1v) is 3.32. The molecule has 0 atom stereocenters. The van der Waals surface area contributed by atoms with Crippen molar-refractivity contribution in [2.45, 2.75) is 0 Å². The molecule has 0 aromatic carbocycles. The zero-order valence-corrected chi connectivity index (χ0v) is 6.33. The second-order valence-corrected chi connectivity index (χ2v) is 1.66. The molecular weight excluding hydrogens is 148 g/mol. The fourth-order valence-electron chi connectivity index (χ4n) is 0.253. The van der Waals surface area contributed by atoms with Crippen LogP contribution in [0, 0.1) is 0 Å². The van der Waals surface area contributed by atoms with Gasteiger partial charge in [-0.25, -0.2) is 9.97 Å². The number of hydrogen-bond acceptors (Lipinski definition) is 2. The van der Waals surface area contributed by atoms with Crippen LogP contribution in [0.3, 0.4) is 0 Å². The van der Waals surface area contributed by atoms with Gasteiger partial charge >= 0.3 is 0 Å². The van der Waals surface area contributed by atoms with Crippen LogP contribution in [0.1, 0.15) is 0 Å². The molecule has 1 heterocycles. The van der Waals surface area contributed by atoms with Crippen LogP contribution >= 0.6 is 11.6 Å². The first kappa shape index (κ1) is 9.11. The third kappa shape index (κ3) is 7.11. The van der Waals surface area contributed by atoms with Crippen molar-refractivity contribution in [3.05, 3.63) is 37.4 Å². The van der Waals surface area contributed by atoms with Crippen molar-refractivity contribution in [3.63, 3.8) is 0 Å². The van der Waals surface area contributed by atoms with Crippen LogP contribution in [-0.2, 0) is 0 Å². The number of alkyl halides is 1. The Morgan fingerprint density at radius 1 is 1.40 bits per heavy atom. The number of nitrogens with zero attached hydrogens (tertiary/aromatic N) is 2. The highest BCUT2D eigenvalue weighted by atomic mass is 35.5. The highest BCUT2D eigenvalue weighted by Crippen LogP contribution is 1.67. The maximum atomic E-state index is 5.07. The summed E-state index contributed by atoms with van der Waals surface area (Å²) in [4.78, 5) is 7.35. The molecule has 2 nitrogen and oxygen atoms in total. The van der Waals surface area contributed by atoms with Crippen LogP contribution in [0.25, 0.3) is 0 Å². The zero-order valence-electron chi connectivity index (χ0n) is 5.57. The molecule has 0 saturated carbocycles. The molecule has 0 radical (unpaired) electrons. The Morgan fingerprint density at radius 3 is 2.00 bits per heavy atom. The Labute approximate surface area is 65.6 Å². The first-order valence-electron chi connectivity index (χ1n) is 2.78. The molecule has 0 fully saturated rings. The molecule has 3 heteroatoms. The summed E-state index contributed by atoms with van der Waals surface area (Å²) < 4.78 is 0. The van der Waals surface area contributed by atoms with Crippen molar-refractivity contribution < 1.29 is 0 Å². The molecule has 0 saturated heterocycles. The molecule has 0 aliphatic rings. The van der Waals surface area contributed by atoms with E-state index >= 15 is 0 Å². The van der Waals surface area contributed by atoms with Crippen molar-refractivity contribution in [2.75, 3.05) is 5.88 Å². The molecule has 0 aliphatic carbocycles. The number of halogens is 1. The average Bonchev–Trinajstić information content (AvgIpc) is 2.08. The summed E-state index contributed by atoms with van der Waals surface area (Å²) in [6.45, 7) is 3.35. The van der Waals surface area contributed by atoms with Crippen molar-refractivity contribution in [2.24, 2.45) is 0 Å². The van der Waals surface area contributed by atoms with Gasteiger partial charge in [0.15, 0.2) is 0 Å². The van der Waals surface area contributed by atoms with Crippen molar-refractivity contribution in [1.29, 1.82) is 0 Å². The quantitative estimate of drug-likeness (QED) is 0.459. The van der Waals surface area contributed by atoms with Crippen LogP contribution in [-0.4, -0.2) is 15.8 Å². The van der Waals surface area contributed by atoms with E-state index < -0.39 is 0 Å². The Morgan fingerprint density at radius 2 is 1.90 bits per heavy atom. The molecule has 1 rings (SSSR count). The second-order valence-electron chi connectivity index (χ2n) is 1.35. The monoisotopic (exact) mass is 156 g/mol. The molecule has 0 aliphatic heterocycles. The van der Waals surface area contributed by atoms with E-state index in [0.717, 1.165) is 0 Å². The average molecular weight is 157 g/mol. The summed E-state index contributed by atoms with van der Waals surface area (Å²) >= 11 is 5.07. The van der Waals surface area contributed by atoms with Gasteiger partial charge in [-0.05, 0) is 6.07 Å². The highest BCUT2D eigenvalue weighted by molar-refractivity contribution is 6.18. The van der Waals surface area contributed by atoms with Gasteiger partial charge in [0, 0.05) is 18.3 Å². The lowest BCUT2D eigenvalue weighted by molar-refractivity contribution is 1.17. The largest absolute Gasteiger partial charge is 0.245 e. The predicted octanol–water partition coefficient (Wildman–Crippen LogP) is 1.89. The van der Waals surface area contributed by atoms with Gasteiger partial charge in [0.2, 0.25) is 0 Å². The summed E-state index contributed by atoms with van der Waals surface area (Å²) in [5, 5.41) is 0. The molecule has 1 aromatic heterocycles. The SMILES string of the molecule is C=CCCl.c1cncnc1. The molecular formula is C7H9ClN2. The normalized spacial score (nSPS) is 7.30. The number of rotatable bonds is 1. The molecule has 0 unspecified atom stereocenters. The van der Waals surface area contributed by atoms with Gasteiger partial charge in [-0.3, -0.25) is 0 Å². The van der Waals surface area contributed by atoms with E-state index in [4.69, 9.17) is 11.6 Å². The van der Waals surface area contributed by atoms with Crippen LogP contribution in [0.5, 0.6) is 0 Å². The lowest BCUT2D eigenvalue weighted by Crippen LogP contribution is -1.66. The van der Waals surface area contributed by atoms with E-state index in [-0.39, 0.29) is 0 Å². The van der Waals surface area contributed by atoms with Gasteiger partial charge in [-0.15, -0.1) is 18.2 Å². The lowest BCUT2D eigenvalue weighted by Gasteiger charge is -1.70. The summed E-state index contributed by atoms with van der Waals surface area (Å²) in [5.74, 6) is 0.556. The fourth-order valence-corrected chi connectivity index (χ4v) is 0.253. The molecule has 0 bridgehead atoms. The van der Waals surface area contributed by atoms with E-state index in [9.17, 15) is 0 Å². The van der Waals surface area contributed by atoms with E-state index in [2.05, 4.69) is 16.5 Å². The number of hydrogen-bond donors (Lipinski definition) is 0. The Hall–Kier alpha value is -0.890. The highest BCUT2D eigenvalue weighted by Gasteiger charge is 1.59. The van der Waals surface area contributed by atoms with Crippen LogP contribution in [0.4, 0.5) is 0 Å². The minimum atomic E-state index is 0.556. The van der Waals surface area contributed by atoms with Crippen molar-refractivity contribution >= 4 is 11.6 Å². The topological polar surface area (TPSA) is 25.8 Å². The van der Waals surface area contributed by atoms with E-state index in [1.165, 1.54) is 6.33 Å². The number of allylic oxidation sites excluding steroid dienone is 1. The summed E-state index contributed by atoms with van der Waals surface area (Å²) in [7, 11) is 0. The van der Waals surface area contributed by atoms with Crippen LogP contribution in [0.15, 0.2) is 37.4 Å². The van der Waals surface area contributed by atoms with Crippen molar-refractivity contribution in [1.82, 2.24) is 9.97 Å². The molecule has 10 heavy (non-hydrogen) atoms. The summed E-state index contributed by atoms with van der Waals surface area (Å²) in [6.07, 6.45) is 6.52. The summed E-state index contributed by atoms with van der Waals surface area (Å²) in [5.41, 5.74) is 0. The van der Waals surface area contributed by atoms with E-state index in [1.807, 2.05) is 0 Å². The summed E-state index contributed by atoms with van der Waals surface area (Å²) in [6, 6.07) is 1.78.